The van der Waals surface area contributed by atoms with Crippen LogP contribution in [0, 0.1) is 0 Å². The van der Waals surface area contributed by atoms with Gasteiger partial charge < -0.3 is 10.8 Å². The Labute approximate surface area is 116 Å². The highest BCUT2D eigenvalue weighted by Crippen LogP contribution is 2.36. The predicted octanol–water partition coefficient (Wildman–Crippen LogP) is 4.54. The molecule has 4 heteroatoms. The molecular formula is C16H13N3O. The number of nitrogens with zero attached hydrogens (tertiary/aromatic N) is 2. The summed E-state index contributed by atoms with van der Waals surface area (Å²) in [6.07, 6.45) is 0. The zero-order chi connectivity index (χ0) is 13.9. The maximum Gasteiger partial charge on any atom is 0.143 e. The molecule has 3 aromatic rings. The van der Waals surface area contributed by atoms with Crippen LogP contribution in [0.1, 0.15) is 0 Å². The number of nitrogen functional groups attached to an aromatic ring is 1. The SMILES string of the molecule is Nc1ccccc1N=Nc1c(O)ccc2ccccc12. The number of phenols is 1. The molecule has 0 spiro atoms. The first-order chi connectivity index (χ1) is 9.75. The molecule has 0 aromatic heterocycles. The predicted molar refractivity (Wildman–Crippen MR) is 80.6 cm³/mol. The maximum atomic E-state index is 9.97. The fraction of sp³-hybridized carbons (Fsp3) is 0. The van der Waals surface area contributed by atoms with Crippen LogP contribution >= 0.6 is 0 Å². The van der Waals surface area contributed by atoms with Crippen molar-refractivity contribution < 1.29 is 5.11 Å². The second-order valence-electron chi connectivity index (χ2n) is 4.41. The molecular weight excluding hydrogens is 250 g/mol. The fourth-order valence-corrected chi connectivity index (χ4v) is 2.03. The summed E-state index contributed by atoms with van der Waals surface area (Å²) < 4.78 is 0. The molecule has 3 N–H and O–H groups in total. The van der Waals surface area contributed by atoms with Crippen molar-refractivity contribution in [3.05, 3.63) is 60.7 Å². The summed E-state index contributed by atoms with van der Waals surface area (Å²) in [6.45, 7) is 0. The largest absolute Gasteiger partial charge is 0.506 e. The van der Waals surface area contributed by atoms with Crippen molar-refractivity contribution in [1.82, 2.24) is 0 Å². The number of phenolic OH excluding ortho intramolecular Hbond substituents is 1. The van der Waals surface area contributed by atoms with Gasteiger partial charge in [-0.1, -0.05) is 42.5 Å². The summed E-state index contributed by atoms with van der Waals surface area (Å²) in [5, 5.41) is 20.1. The molecule has 0 fully saturated rings. The van der Waals surface area contributed by atoms with E-state index in [1.165, 1.54) is 0 Å². The van der Waals surface area contributed by atoms with E-state index < -0.39 is 0 Å². The number of hydrogen-bond donors (Lipinski definition) is 2. The van der Waals surface area contributed by atoms with Crippen LogP contribution in [-0.2, 0) is 0 Å². The number of fused-ring (bicyclic) bond motifs is 1. The molecule has 0 bridgehead atoms. The lowest BCUT2D eigenvalue weighted by molar-refractivity contribution is 0.477. The molecule has 98 valence electrons. The number of aromatic hydroxyl groups is 1. The Morgan fingerprint density at radius 2 is 1.55 bits per heavy atom. The standard InChI is InChI=1S/C16H13N3O/c17-13-7-3-4-8-14(13)18-19-16-12-6-2-1-5-11(12)9-10-15(16)20/h1-10,20H,17H2. The van der Waals surface area contributed by atoms with Crippen LogP contribution in [0.2, 0.25) is 0 Å². The summed E-state index contributed by atoms with van der Waals surface area (Å²) in [5.74, 6) is 0.0990. The van der Waals surface area contributed by atoms with Gasteiger partial charge in [0.05, 0.1) is 5.69 Å². The molecule has 0 aliphatic carbocycles. The number of para-hydroxylation sites is 1. The van der Waals surface area contributed by atoms with E-state index in [-0.39, 0.29) is 5.75 Å². The van der Waals surface area contributed by atoms with Gasteiger partial charge in [0.2, 0.25) is 0 Å². The van der Waals surface area contributed by atoms with E-state index in [1.54, 1.807) is 18.2 Å². The van der Waals surface area contributed by atoms with Crippen molar-refractivity contribution >= 4 is 27.8 Å². The van der Waals surface area contributed by atoms with Crippen LogP contribution < -0.4 is 5.73 Å². The summed E-state index contributed by atoms with van der Waals surface area (Å²) in [7, 11) is 0. The zero-order valence-corrected chi connectivity index (χ0v) is 10.7. The quantitative estimate of drug-likeness (QED) is 0.526. The van der Waals surface area contributed by atoms with Crippen molar-refractivity contribution in [2.75, 3.05) is 5.73 Å². The maximum absolute atomic E-state index is 9.97. The van der Waals surface area contributed by atoms with Gasteiger partial charge in [-0.15, -0.1) is 10.2 Å². The highest BCUT2D eigenvalue weighted by molar-refractivity contribution is 5.95. The molecule has 0 saturated carbocycles. The van der Waals surface area contributed by atoms with Crippen molar-refractivity contribution in [3.8, 4) is 5.75 Å². The molecule has 0 unspecified atom stereocenters. The average Bonchev–Trinajstić information content (AvgIpc) is 2.48. The number of nitrogens with two attached hydrogens (primary N) is 1. The lowest BCUT2D eigenvalue weighted by Gasteiger charge is -2.04. The van der Waals surface area contributed by atoms with Crippen molar-refractivity contribution in [3.63, 3.8) is 0 Å². The van der Waals surface area contributed by atoms with E-state index in [1.807, 2.05) is 42.5 Å². The van der Waals surface area contributed by atoms with E-state index in [4.69, 9.17) is 5.73 Å². The zero-order valence-electron chi connectivity index (χ0n) is 10.7. The first-order valence-corrected chi connectivity index (χ1v) is 6.22. The van der Waals surface area contributed by atoms with Gasteiger partial charge in [-0.2, -0.15) is 0 Å². The van der Waals surface area contributed by atoms with Crippen LogP contribution in [0.3, 0.4) is 0 Å². The third-order valence-electron chi connectivity index (χ3n) is 3.07. The number of hydrogen-bond acceptors (Lipinski definition) is 4. The lowest BCUT2D eigenvalue weighted by atomic mass is 10.1. The van der Waals surface area contributed by atoms with Gasteiger partial charge in [0.15, 0.2) is 0 Å². The van der Waals surface area contributed by atoms with E-state index in [0.717, 1.165) is 10.8 Å². The third-order valence-corrected chi connectivity index (χ3v) is 3.07. The Morgan fingerprint density at radius 3 is 2.40 bits per heavy atom. The van der Waals surface area contributed by atoms with Crippen LogP contribution in [0.25, 0.3) is 10.8 Å². The van der Waals surface area contributed by atoms with Crippen molar-refractivity contribution in [2.45, 2.75) is 0 Å². The van der Waals surface area contributed by atoms with Crippen LogP contribution in [0.5, 0.6) is 5.75 Å². The molecule has 3 rings (SSSR count). The molecule has 3 aromatic carbocycles. The molecule has 0 aliphatic heterocycles. The summed E-state index contributed by atoms with van der Waals surface area (Å²) in [6, 6.07) is 18.4. The van der Waals surface area contributed by atoms with Gasteiger partial charge >= 0.3 is 0 Å². The highest BCUT2D eigenvalue weighted by atomic mass is 16.3. The van der Waals surface area contributed by atoms with Gasteiger partial charge in [0.25, 0.3) is 0 Å². The smallest absolute Gasteiger partial charge is 0.143 e. The number of rotatable bonds is 2. The second-order valence-corrected chi connectivity index (χ2v) is 4.41. The van der Waals surface area contributed by atoms with Crippen LogP contribution in [0.4, 0.5) is 17.1 Å². The Bertz CT molecular complexity index is 797. The minimum absolute atomic E-state index is 0.0990. The Morgan fingerprint density at radius 1 is 0.800 bits per heavy atom. The first kappa shape index (κ1) is 12.2. The molecule has 20 heavy (non-hydrogen) atoms. The highest BCUT2D eigenvalue weighted by Gasteiger charge is 2.06. The summed E-state index contributed by atoms with van der Waals surface area (Å²) >= 11 is 0. The van der Waals surface area contributed by atoms with Crippen molar-refractivity contribution in [2.24, 2.45) is 10.2 Å². The van der Waals surface area contributed by atoms with Gasteiger partial charge in [-0.25, -0.2) is 0 Å². The summed E-state index contributed by atoms with van der Waals surface area (Å²) in [5.41, 5.74) is 7.40. The van der Waals surface area contributed by atoms with Gasteiger partial charge in [0, 0.05) is 5.39 Å². The lowest BCUT2D eigenvalue weighted by Crippen LogP contribution is -1.83. The third kappa shape index (κ3) is 2.19. The minimum atomic E-state index is 0.0990. The normalized spacial score (nSPS) is 11.2. The number of azo groups is 1. The van der Waals surface area contributed by atoms with E-state index in [0.29, 0.717) is 17.1 Å². The number of anilines is 1. The average molecular weight is 263 g/mol. The fourth-order valence-electron chi connectivity index (χ4n) is 2.03. The van der Waals surface area contributed by atoms with Gasteiger partial charge in [0.1, 0.15) is 17.1 Å². The molecule has 0 saturated heterocycles. The van der Waals surface area contributed by atoms with E-state index in [2.05, 4.69) is 10.2 Å². The van der Waals surface area contributed by atoms with Crippen LogP contribution in [0.15, 0.2) is 70.9 Å². The Balaban J connectivity index is 2.11. The van der Waals surface area contributed by atoms with Gasteiger partial charge in [-0.05, 0) is 23.6 Å². The van der Waals surface area contributed by atoms with Crippen LogP contribution in [-0.4, -0.2) is 5.11 Å². The van der Waals surface area contributed by atoms with Gasteiger partial charge in [-0.3, -0.25) is 0 Å². The number of benzene rings is 3. The monoisotopic (exact) mass is 263 g/mol. The summed E-state index contributed by atoms with van der Waals surface area (Å²) in [4.78, 5) is 0. The van der Waals surface area contributed by atoms with E-state index >= 15 is 0 Å². The molecule has 0 radical (unpaired) electrons. The minimum Gasteiger partial charge on any atom is -0.506 e. The van der Waals surface area contributed by atoms with E-state index in [9.17, 15) is 5.11 Å². The topological polar surface area (TPSA) is 71.0 Å². The Kier molecular flexibility index (Phi) is 3.05. The molecule has 0 amide bonds. The molecule has 0 heterocycles. The Hall–Kier alpha value is -2.88. The molecule has 0 atom stereocenters. The molecule has 0 aliphatic rings. The second kappa shape index (κ2) is 5.01. The first-order valence-electron chi connectivity index (χ1n) is 6.22. The molecule has 4 nitrogen and oxygen atoms in total. The van der Waals surface area contributed by atoms with Crippen molar-refractivity contribution in [1.29, 1.82) is 0 Å².